The third kappa shape index (κ3) is 5.88. The van der Waals surface area contributed by atoms with Crippen molar-refractivity contribution in [3.63, 3.8) is 0 Å². The highest BCUT2D eigenvalue weighted by molar-refractivity contribution is 6.59. The van der Waals surface area contributed by atoms with Crippen LogP contribution in [-0.4, -0.2) is 56.8 Å². The molecular weight excluding hydrogens is 277 g/mol. The SMILES string of the molecule is BC(B)(B)N(Cc1ccc(/C=N/O)cc1)C(=O)OC(C)(C)C. The van der Waals surface area contributed by atoms with Crippen LogP contribution in [0.4, 0.5) is 4.79 Å². The van der Waals surface area contributed by atoms with Crippen LogP contribution in [0, 0.1) is 0 Å². The molecule has 0 radical (unpaired) electrons. The van der Waals surface area contributed by atoms with E-state index in [2.05, 4.69) is 5.16 Å². The molecule has 0 aliphatic carbocycles. The van der Waals surface area contributed by atoms with Crippen LogP contribution in [0.1, 0.15) is 31.9 Å². The summed E-state index contributed by atoms with van der Waals surface area (Å²) in [4.78, 5) is 14.1. The van der Waals surface area contributed by atoms with E-state index in [1.54, 1.807) is 4.90 Å². The molecule has 5 nitrogen and oxygen atoms in total. The van der Waals surface area contributed by atoms with Gasteiger partial charge in [-0.15, -0.1) is 0 Å². The van der Waals surface area contributed by atoms with Gasteiger partial charge in [-0.1, -0.05) is 29.4 Å². The Labute approximate surface area is 134 Å². The van der Waals surface area contributed by atoms with E-state index in [1.807, 2.05) is 68.6 Å². The van der Waals surface area contributed by atoms with E-state index in [0.29, 0.717) is 6.54 Å². The molecule has 0 saturated carbocycles. The van der Waals surface area contributed by atoms with Crippen LogP contribution < -0.4 is 0 Å². The Morgan fingerprint density at radius 3 is 2.23 bits per heavy atom. The predicted octanol–water partition coefficient (Wildman–Crippen LogP) is -0.258. The first-order chi connectivity index (χ1) is 10.0. The lowest BCUT2D eigenvalue weighted by Gasteiger charge is -2.37. The summed E-state index contributed by atoms with van der Waals surface area (Å²) in [5.41, 5.74) is 1.25. The minimum atomic E-state index is -0.526. The number of nitrogens with zero attached hydrogens (tertiary/aromatic N) is 2. The molecule has 0 unspecified atom stereocenters. The quantitative estimate of drug-likeness (QED) is 0.361. The highest BCUT2D eigenvalue weighted by atomic mass is 16.6. The van der Waals surface area contributed by atoms with Crippen molar-refractivity contribution in [1.82, 2.24) is 4.90 Å². The fourth-order valence-electron chi connectivity index (χ4n) is 1.85. The van der Waals surface area contributed by atoms with Crippen molar-refractivity contribution in [3.05, 3.63) is 35.4 Å². The third-order valence-corrected chi connectivity index (χ3v) is 2.95. The summed E-state index contributed by atoms with van der Waals surface area (Å²) in [6.45, 7) is 6.02. The number of carbonyl (C=O) groups is 1. The van der Waals surface area contributed by atoms with E-state index in [-0.39, 0.29) is 11.3 Å². The molecule has 0 heterocycles. The minimum Gasteiger partial charge on any atom is -0.444 e. The van der Waals surface area contributed by atoms with Gasteiger partial charge in [-0.3, -0.25) is 0 Å². The van der Waals surface area contributed by atoms with Gasteiger partial charge in [0.05, 0.1) is 6.21 Å². The summed E-state index contributed by atoms with van der Waals surface area (Å²) < 4.78 is 5.49. The van der Waals surface area contributed by atoms with Crippen molar-refractivity contribution >= 4 is 35.8 Å². The summed E-state index contributed by atoms with van der Waals surface area (Å²) in [5, 5.41) is 11.2. The van der Waals surface area contributed by atoms with Gasteiger partial charge in [-0.2, -0.15) is 0 Å². The van der Waals surface area contributed by atoms with Gasteiger partial charge in [0.25, 0.3) is 0 Å². The lowest BCUT2D eigenvalue weighted by molar-refractivity contribution is 0.0225. The van der Waals surface area contributed by atoms with E-state index in [4.69, 9.17) is 9.94 Å². The monoisotopic (exact) mass is 300 g/mol. The first-order valence-electron chi connectivity index (χ1n) is 7.30. The van der Waals surface area contributed by atoms with Crippen LogP contribution >= 0.6 is 0 Å². The number of oxime groups is 1. The van der Waals surface area contributed by atoms with Crippen molar-refractivity contribution in [2.45, 2.75) is 38.2 Å². The minimum absolute atomic E-state index is 0.332. The standard InChI is InChI=1S/C14H23B3N2O3/c1-13(2,3)22-12(20)19(14(15,16)17)9-11-6-4-10(5-7-11)8-18-21/h4-8,21H,9,15-17H2,1-3H3/b18-8+. The number of hydrogen-bond donors (Lipinski definition) is 1. The molecule has 1 N–H and O–H groups in total. The van der Waals surface area contributed by atoms with E-state index in [0.717, 1.165) is 11.1 Å². The molecule has 22 heavy (non-hydrogen) atoms. The Kier molecular flexibility index (Phi) is 5.75. The van der Waals surface area contributed by atoms with Crippen molar-refractivity contribution in [2.75, 3.05) is 0 Å². The molecule has 1 rings (SSSR count). The number of ether oxygens (including phenoxy) is 1. The molecule has 0 aromatic heterocycles. The van der Waals surface area contributed by atoms with Gasteiger partial charge in [0, 0.05) is 6.54 Å². The average molecular weight is 300 g/mol. The normalized spacial score (nSPS) is 12.3. The molecular formula is C14H23B3N2O3. The Morgan fingerprint density at radius 2 is 1.82 bits per heavy atom. The lowest BCUT2D eigenvalue weighted by Crippen LogP contribution is -2.54. The summed E-state index contributed by atoms with van der Waals surface area (Å²) >= 11 is 0. The number of rotatable bonds is 4. The predicted molar refractivity (Wildman–Crippen MR) is 96.0 cm³/mol. The largest absolute Gasteiger partial charge is 0.444 e. The fourth-order valence-corrected chi connectivity index (χ4v) is 1.85. The summed E-state index contributed by atoms with van der Waals surface area (Å²) in [5.74, 6) is 0. The topological polar surface area (TPSA) is 62.1 Å². The number of amides is 1. The highest BCUT2D eigenvalue weighted by Gasteiger charge is 2.30. The first-order valence-corrected chi connectivity index (χ1v) is 7.30. The van der Waals surface area contributed by atoms with E-state index < -0.39 is 5.60 Å². The van der Waals surface area contributed by atoms with Gasteiger partial charge in [0.2, 0.25) is 0 Å². The zero-order valence-electron chi connectivity index (χ0n) is 14.3. The Balaban J connectivity index is 2.92. The number of hydrogen-bond acceptors (Lipinski definition) is 4. The molecule has 1 aromatic carbocycles. The Hall–Kier alpha value is -1.85. The van der Waals surface area contributed by atoms with E-state index in [9.17, 15) is 4.79 Å². The van der Waals surface area contributed by atoms with Crippen molar-refractivity contribution < 1.29 is 14.7 Å². The zero-order valence-corrected chi connectivity index (χ0v) is 14.3. The molecule has 116 valence electrons. The van der Waals surface area contributed by atoms with Gasteiger partial charge in [0.1, 0.15) is 29.1 Å². The molecule has 0 aliphatic heterocycles. The maximum atomic E-state index is 12.4. The van der Waals surface area contributed by atoms with Crippen molar-refractivity contribution in [2.24, 2.45) is 5.16 Å². The molecule has 8 heteroatoms. The summed E-state index contributed by atoms with van der Waals surface area (Å²) in [6.07, 6.45) is 1.03. The molecule has 1 amide bonds. The molecule has 0 spiro atoms. The zero-order chi connectivity index (χ0) is 17.0. The van der Waals surface area contributed by atoms with E-state index >= 15 is 0 Å². The molecule has 1 aromatic rings. The van der Waals surface area contributed by atoms with Crippen LogP contribution in [0.15, 0.2) is 29.4 Å². The van der Waals surface area contributed by atoms with Crippen molar-refractivity contribution in [1.29, 1.82) is 0 Å². The lowest BCUT2D eigenvalue weighted by atomic mass is 9.48. The highest BCUT2D eigenvalue weighted by Crippen LogP contribution is 2.17. The van der Waals surface area contributed by atoms with Crippen LogP contribution in [0.2, 0.25) is 0 Å². The van der Waals surface area contributed by atoms with Crippen LogP contribution in [0.25, 0.3) is 0 Å². The third-order valence-electron chi connectivity index (χ3n) is 2.95. The van der Waals surface area contributed by atoms with Gasteiger partial charge >= 0.3 is 6.09 Å². The van der Waals surface area contributed by atoms with Gasteiger partial charge in [-0.25, -0.2) is 4.79 Å². The fraction of sp³-hybridized carbons (Fsp3) is 0.429. The van der Waals surface area contributed by atoms with Gasteiger partial charge in [-0.05, 0) is 37.1 Å². The molecule has 0 aliphatic rings. The molecule has 0 bridgehead atoms. The van der Waals surface area contributed by atoms with Gasteiger partial charge < -0.3 is 14.8 Å². The second kappa shape index (κ2) is 6.94. The second-order valence-corrected chi connectivity index (χ2v) is 7.22. The molecule has 0 saturated heterocycles. The maximum Gasteiger partial charge on any atom is 0.409 e. The van der Waals surface area contributed by atoms with Crippen molar-refractivity contribution in [3.8, 4) is 0 Å². The molecule has 0 atom stereocenters. The van der Waals surface area contributed by atoms with Crippen LogP contribution in [0.5, 0.6) is 0 Å². The Morgan fingerprint density at radius 1 is 1.27 bits per heavy atom. The Bertz CT molecular complexity index is 534. The summed E-state index contributed by atoms with van der Waals surface area (Å²) in [6, 6.07) is 7.48. The second-order valence-electron chi connectivity index (χ2n) is 7.22. The van der Waals surface area contributed by atoms with Crippen LogP contribution in [-0.2, 0) is 11.3 Å². The summed E-state index contributed by atoms with van der Waals surface area (Å²) in [7, 11) is 5.93. The maximum absolute atomic E-state index is 12.4. The van der Waals surface area contributed by atoms with Crippen LogP contribution in [0.3, 0.4) is 0 Å². The number of carbonyl (C=O) groups excluding carboxylic acids is 1. The van der Waals surface area contributed by atoms with Gasteiger partial charge in [0.15, 0.2) is 0 Å². The van der Waals surface area contributed by atoms with E-state index in [1.165, 1.54) is 6.21 Å². The smallest absolute Gasteiger partial charge is 0.409 e. The first kappa shape index (κ1) is 18.2. The number of benzene rings is 1. The molecule has 0 fully saturated rings. The average Bonchev–Trinajstić information content (AvgIpc) is 2.34.